The van der Waals surface area contributed by atoms with E-state index in [4.69, 9.17) is 16.3 Å². The van der Waals surface area contributed by atoms with Crippen LogP contribution >= 0.6 is 23.4 Å². The Labute approximate surface area is 158 Å². The fourth-order valence-corrected chi connectivity index (χ4v) is 3.50. The van der Waals surface area contributed by atoms with Crippen LogP contribution in [-0.4, -0.2) is 26.2 Å². The third-order valence-electron chi connectivity index (χ3n) is 3.88. The molecule has 0 atom stereocenters. The monoisotopic (exact) mass is 375 g/mol. The van der Waals surface area contributed by atoms with E-state index in [-0.39, 0.29) is 5.41 Å². The molecule has 0 amide bonds. The zero-order chi connectivity index (χ0) is 17.9. The third kappa shape index (κ3) is 4.83. The minimum absolute atomic E-state index is 0.196. The quantitative estimate of drug-likeness (QED) is 0.798. The summed E-state index contributed by atoms with van der Waals surface area (Å²) in [6.45, 7) is 6.10. The number of hydrogen-bond acceptors (Lipinski definition) is 5. The Balaban J connectivity index is 1.67. The summed E-state index contributed by atoms with van der Waals surface area (Å²) in [5.41, 5.74) is 1.12. The van der Waals surface area contributed by atoms with Crippen LogP contribution in [-0.2, 0) is 0 Å². The summed E-state index contributed by atoms with van der Waals surface area (Å²) in [7, 11) is 1.66. The third-order valence-corrected chi connectivity index (χ3v) is 5.39. The van der Waals surface area contributed by atoms with Crippen molar-refractivity contribution >= 4 is 35.0 Å². The molecule has 0 aliphatic carbocycles. The molecule has 25 heavy (non-hydrogen) atoms. The number of guanidine groups is 1. The summed E-state index contributed by atoms with van der Waals surface area (Å²) < 4.78 is 5.18. The fourth-order valence-electron chi connectivity index (χ4n) is 2.38. The number of ether oxygens (including phenoxy) is 1. The van der Waals surface area contributed by atoms with Gasteiger partial charge in [0.15, 0.2) is 5.96 Å². The van der Waals surface area contributed by atoms with Crippen LogP contribution in [0.2, 0.25) is 5.02 Å². The van der Waals surface area contributed by atoms with Gasteiger partial charge in [0.05, 0.1) is 12.1 Å². The Morgan fingerprint density at radius 1 is 1.20 bits per heavy atom. The Bertz CT molecular complexity index is 775. The molecule has 0 bridgehead atoms. The van der Waals surface area contributed by atoms with Crippen LogP contribution in [0.15, 0.2) is 57.2 Å². The Morgan fingerprint density at radius 3 is 2.56 bits per heavy atom. The molecule has 1 aliphatic heterocycles. The molecule has 4 nitrogen and oxygen atoms in total. The lowest BCUT2D eigenvalue weighted by Crippen LogP contribution is -2.44. The molecule has 132 valence electrons. The molecule has 1 aliphatic rings. The van der Waals surface area contributed by atoms with Gasteiger partial charge in [-0.2, -0.15) is 0 Å². The van der Waals surface area contributed by atoms with Crippen LogP contribution in [0.5, 0.6) is 5.75 Å². The maximum atomic E-state index is 6.46. The number of nitrogens with one attached hydrogen (secondary N) is 2. The second-order valence-electron chi connectivity index (χ2n) is 6.73. The minimum Gasteiger partial charge on any atom is -0.497 e. The molecular weight excluding hydrogens is 354 g/mol. The van der Waals surface area contributed by atoms with Crippen LogP contribution < -0.4 is 15.4 Å². The lowest BCUT2D eigenvalue weighted by Gasteiger charge is -2.29. The number of hydrogen-bond donors (Lipinski definition) is 2. The highest BCUT2D eigenvalue weighted by atomic mass is 35.5. The first kappa shape index (κ1) is 18.0. The highest BCUT2D eigenvalue weighted by Gasteiger charge is 2.22. The fraction of sp³-hybridized carbons (Fsp3) is 0.316. The number of halogens is 1. The highest BCUT2D eigenvalue weighted by Crippen LogP contribution is 2.35. The van der Waals surface area contributed by atoms with Crippen LogP contribution in [0.1, 0.15) is 13.8 Å². The summed E-state index contributed by atoms with van der Waals surface area (Å²) in [4.78, 5) is 6.67. The topological polar surface area (TPSA) is 45.6 Å². The predicted octanol–water partition coefficient (Wildman–Crippen LogP) is 4.90. The van der Waals surface area contributed by atoms with Gasteiger partial charge in [0.1, 0.15) is 5.75 Å². The van der Waals surface area contributed by atoms with Crippen molar-refractivity contribution in [3.8, 4) is 5.75 Å². The van der Waals surface area contributed by atoms with Crippen molar-refractivity contribution in [3.63, 3.8) is 0 Å². The second-order valence-corrected chi connectivity index (χ2v) is 8.25. The van der Waals surface area contributed by atoms with Gasteiger partial charge in [0.2, 0.25) is 0 Å². The largest absolute Gasteiger partial charge is 0.497 e. The smallest absolute Gasteiger partial charge is 0.195 e. The summed E-state index contributed by atoms with van der Waals surface area (Å²) >= 11 is 8.08. The Kier molecular flexibility index (Phi) is 5.45. The molecule has 0 saturated carbocycles. The molecule has 3 rings (SSSR count). The minimum atomic E-state index is 0.196. The van der Waals surface area contributed by atoms with E-state index in [1.54, 1.807) is 18.9 Å². The van der Waals surface area contributed by atoms with E-state index in [1.165, 1.54) is 0 Å². The lowest BCUT2D eigenvalue weighted by molar-refractivity contribution is 0.362. The standard InChI is InChI=1S/C19H22ClN3OS/c1-19(2)11-21-18(22-12-19)23-13-4-9-17(16(20)10-13)25-15-7-5-14(24-3)6-8-15/h4-10H,11-12H2,1-3H3,(H2,21,22,23). The van der Waals surface area contributed by atoms with Crippen LogP contribution in [0.25, 0.3) is 0 Å². The zero-order valence-electron chi connectivity index (χ0n) is 14.6. The van der Waals surface area contributed by atoms with Gasteiger partial charge in [-0.1, -0.05) is 37.2 Å². The number of methoxy groups -OCH3 is 1. The molecule has 0 radical (unpaired) electrons. The molecule has 0 fully saturated rings. The van der Waals surface area contributed by atoms with Crippen molar-refractivity contribution in [2.24, 2.45) is 10.4 Å². The molecule has 0 saturated heterocycles. The zero-order valence-corrected chi connectivity index (χ0v) is 16.2. The van der Waals surface area contributed by atoms with Gasteiger partial charge in [0.25, 0.3) is 0 Å². The van der Waals surface area contributed by atoms with Crippen molar-refractivity contribution in [2.75, 3.05) is 25.5 Å². The van der Waals surface area contributed by atoms with E-state index in [9.17, 15) is 0 Å². The van der Waals surface area contributed by atoms with Crippen molar-refractivity contribution in [1.82, 2.24) is 5.32 Å². The van der Waals surface area contributed by atoms with Crippen molar-refractivity contribution in [1.29, 1.82) is 0 Å². The van der Waals surface area contributed by atoms with Crippen molar-refractivity contribution in [2.45, 2.75) is 23.6 Å². The second kappa shape index (κ2) is 7.58. The predicted molar refractivity (Wildman–Crippen MR) is 106 cm³/mol. The van der Waals surface area contributed by atoms with Gasteiger partial charge in [-0.3, -0.25) is 4.99 Å². The van der Waals surface area contributed by atoms with E-state index < -0.39 is 0 Å². The van der Waals surface area contributed by atoms with Gasteiger partial charge >= 0.3 is 0 Å². The molecule has 2 aromatic carbocycles. The normalized spacial score (nSPS) is 15.9. The molecule has 0 aromatic heterocycles. The molecule has 0 unspecified atom stereocenters. The van der Waals surface area contributed by atoms with Crippen LogP contribution in [0.3, 0.4) is 0 Å². The number of benzene rings is 2. The lowest BCUT2D eigenvalue weighted by atomic mass is 9.93. The molecule has 0 spiro atoms. The van der Waals surface area contributed by atoms with Crippen molar-refractivity contribution in [3.05, 3.63) is 47.5 Å². The van der Waals surface area contributed by atoms with Gasteiger partial charge in [-0.15, -0.1) is 0 Å². The summed E-state index contributed by atoms with van der Waals surface area (Å²) in [5.74, 6) is 1.64. The molecule has 1 heterocycles. The van der Waals surface area contributed by atoms with Crippen LogP contribution in [0.4, 0.5) is 5.69 Å². The molecular formula is C19H22ClN3OS. The first-order chi connectivity index (χ1) is 11.9. The number of nitrogens with zero attached hydrogens (tertiary/aromatic N) is 1. The molecule has 2 aromatic rings. The van der Waals surface area contributed by atoms with E-state index in [0.717, 1.165) is 40.3 Å². The number of aliphatic imine (C=N–C) groups is 1. The number of anilines is 1. The molecule has 2 N–H and O–H groups in total. The maximum Gasteiger partial charge on any atom is 0.195 e. The summed E-state index contributed by atoms with van der Waals surface area (Å²) in [5, 5.41) is 7.33. The van der Waals surface area contributed by atoms with Crippen LogP contribution in [0, 0.1) is 5.41 Å². The van der Waals surface area contributed by atoms with E-state index in [1.807, 2.05) is 42.5 Å². The highest BCUT2D eigenvalue weighted by molar-refractivity contribution is 7.99. The maximum absolute atomic E-state index is 6.46. The number of rotatable bonds is 4. The van der Waals surface area contributed by atoms with E-state index in [2.05, 4.69) is 29.5 Å². The van der Waals surface area contributed by atoms with E-state index >= 15 is 0 Å². The average molecular weight is 376 g/mol. The van der Waals surface area contributed by atoms with Gasteiger partial charge in [0, 0.05) is 34.0 Å². The Hall–Kier alpha value is -1.85. The summed E-state index contributed by atoms with van der Waals surface area (Å²) in [6.07, 6.45) is 0. The van der Waals surface area contributed by atoms with Crippen molar-refractivity contribution < 1.29 is 4.74 Å². The van der Waals surface area contributed by atoms with Gasteiger partial charge in [-0.25, -0.2) is 0 Å². The first-order valence-electron chi connectivity index (χ1n) is 8.12. The van der Waals surface area contributed by atoms with E-state index in [0.29, 0.717) is 5.02 Å². The SMILES string of the molecule is COc1ccc(Sc2ccc(NC3=NCC(C)(C)CN3)cc2Cl)cc1. The summed E-state index contributed by atoms with van der Waals surface area (Å²) in [6, 6.07) is 13.9. The Morgan fingerprint density at radius 2 is 1.96 bits per heavy atom. The van der Waals surface area contributed by atoms with Gasteiger partial charge in [-0.05, 0) is 42.5 Å². The first-order valence-corrected chi connectivity index (χ1v) is 9.31. The van der Waals surface area contributed by atoms with Gasteiger partial charge < -0.3 is 15.4 Å². The molecule has 6 heteroatoms. The average Bonchev–Trinajstić information content (AvgIpc) is 2.60.